The molecule has 1 heterocycles. The number of amides is 1. The number of rotatable bonds is 5. The van der Waals surface area contributed by atoms with Crippen molar-refractivity contribution in [3.8, 4) is 0 Å². The number of carbonyl (C=O) groups is 1. The van der Waals surface area contributed by atoms with Crippen molar-refractivity contribution in [1.82, 2.24) is 10.8 Å². The fourth-order valence-electron chi connectivity index (χ4n) is 2.04. The Morgan fingerprint density at radius 2 is 2.10 bits per heavy atom. The van der Waals surface area contributed by atoms with Gasteiger partial charge in [0.15, 0.2) is 9.84 Å². The van der Waals surface area contributed by atoms with E-state index in [4.69, 9.17) is 4.84 Å². The van der Waals surface area contributed by atoms with Crippen LogP contribution in [0.4, 0.5) is 0 Å². The number of benzene rings is 1. The fraction of sp³-hybridized carbons (Fsp3) is 0.462. The summed E-state index contributed by atoms with van der Waals surface area (Å²) in [5.41, 5.74) is 3.28. The van der Waals surface area contributed by atoms with Crippen molar-refractivity contribution in [2.45, 2.75) is 19.1 Å². The molecule has 2 N–H and O–H groups in total. The van der Waals surface area contributed by atoms with E-state index >= 15 is 0 Å². The zero-order valence-electron chi connectivity index (χ0n) is 11.0. The van der Waals surface area contributed by atoms with Gasteiger partial charge < -0.3 is 5.32 Å². The largest absolute Gasteiger partial charge is 0.311 e. The monoisotopic (exact) mass is 298 g/mol. The molecule has 0 radical (unpaired) electrons. The van der Waals surface area contributed by atoms with E-state index < -0.39 is 9.84 Å². The van der Waals surface area contributed by atoms with Crippen molar-refractivity contribution >= 4 is 15.7 Å². The number of hydroxylamine groups is 1. The lowest BCUT2D eigenvalue weighted by Gasteiger charge is -2.22. The highest BCUT2D eigenvalue weighted by Crippen LogP contribution is 2.05. The van der Waals surface area contributed by atoms with Crippen molar-refractivity contribution < 1.29 is 18.0 Å². The van der Waals surface area contributed by atoms with Crippen LogP contribution in [0, 0.1) is 0 Å². The van der Waals surface area contributed by atoms with E-state index in [9.17, 15) is 13.2 Å². The highest BCUT2D eigenvalue weighted by atomic mass is 32.2. The third kappa shape index (κ3) is 4.92. The van der Waals surface area contributed by atoms with Crippen molar-refractivity contribution in [2.24, 2.45) is 0 Å². The van der Waals surface area contributed by atoms with Crippen LogP contribution in [0.3, 0.4) is 0 Å². The number of hydrogen-bond acceptors (Lipinski definition) is 5. The Balaban J connectivity index is 1.70. The first-order valence-electron chi connectivity index (χ1n) is 6.43. The molecule has 0 aliphatic carbocycles. The predicted octanol–water partition coefficient (Wildman–Crippen LogP) is 0.0111. The van der Waals surface area contributed by atoms with Crippen LogP contribution in [0.1, 0.15) is 12.0 Å². The minimum Gasteiger partial charge on any atom is -0.311 e. The Hall–Kier alpha value is -1.44. The minimum atomic E-state index is -3.02. The summed E-state index contributed by atoms with van der Waals surface area (Å²) in [5.74, 6) is -0.190. The fourth-order valence-corrected chi connectivity index (χ4v) is 3.48. The molecule has 1 saturated heterocycles. The van der Waals surface area contributed by atoms with Gasteiger partial charge in [0, 0.05) is 19.0 Å². The zero-order chi connectivity index (χ0) is 14.4. The highest BCUT2D eigenvalue weighted by molar-refractivity contribution is 7.91. The van der Waals surface area contributed by atoms with Crippen LogP contribution in [0.2, 0.25) is 0 Å². The molecule has 7 heteroatoms. The van der Waals surface area contributed by atoms with E-state index in [0.29, 0.717) is 6.54 Å². The predicted molar refractivity (Wildman–Crippen MR) is 74.4 cm³/mol. The molecule has 20 heavy (non-hydrogen) atoms. The summed E-state index contributed by atoms with van der Waals surface area (Å²) < 4.78 is 22.9. The molecule has 1 amide bonds. The average molecular weight is 298 g/mol. The summed E-state index contributed by atoms with van der Waals surface area (Å²) in [6, 6.07) is 9.11. The number of sulfone groups is 1. The quantitative estimate of drug-likeness (QED) is 0.748. The Bertz CT molecular complexity index is 545. The van der Waals surface area contributed by atoms with Gasteiger partial charge in [0.1, 0.15) is 0 Å². The van der Waals surface area contributed by atoms with Gasteiger partial charge in [-0.2, -0.15) is 0 Å². The topological polar surface area (TPSA) is 84.5 Å². The van der Waals surface area contributed by atoms with E-state index in [2.05, 4.69) is 10.8 Å². The van der Waals surface area contributed by atoms with Gasteiger partial charge in [0.05, 0.1) is 18.1 Å². The van der Waals surface area contributed by atoms with Crippen molar-refractivity contribution in [1.29, 1.82) is 0 Å². The lowest BCUT2D eigenvalue weighted by atomic mass is 10.2. The molecule has 1 atom stereocenters. The number of nitrogens with one attached hydrogen (secondary N) is 2. The number of carbonyl (C=O) groups excluding carboxylic acids is 1. The Morgan fingerprint density at radius 3 is 2.80 bits per heavy atom. The van der Waals surface area contributed by atoms with Crippen LogP contribution in [0.5, 0.6) is 0 Å². The van der Waals surface area contributed by atoms with E-state index in [-0.39, 0.29) is 36.5 Å². The van der Waals surface area contributed by atoms with Gasteiger partial charge in [0.25, 0.3) is 0 Å². The van der Waals surface area contributed by atoms with E-state index in [0.717, 1.165) is 5.56 Å². The third-order valence-electron chi connectivity index (χ3n) is 3.00. The molecule has 1 fully saturated rings. The standard InChI is InChI=1S/C13H18N2O4S/c16-13(8-12-10-20(17,18)7-6-14-12)15-19-9-11-4-2-1-3-5-11/h1-5,12,14H,6-10H2,(H,15,16). The normalized spacial score (nSPS) is 21.3. The van der Waals surface area contributed by atoms with E-state index in [1.54, 1.807) is 0 Å². The maximum absolute atomic E-state index is 11.6. The van der Waals surface area contributed by atoms with Crippen LogP contribution in [-0.4, -0.2) is 38.4 Å². The molecular weight excluding hydrogens is 280 g/mol. The summed E-state index contributed by atoms with van der Waals surface area (Å²) in [7, 11) is -3.02. The molecule has 0 saturated carbocycles. The van der Waals surface area contributed by atoms with Crippen LogP contribution in [0.15, 0.2) is 30.3 Å². The lowest BCUT2D eigenvalue weighted by Crippen LogP contribution is -2.47. The lowest BCUT2D eigenvalue weighted by molar-refractivity contribution is -0.135. The highest BCUT2D eigenvalue weighted by Gasteiger charge is 2.25. The first kappa shape index (κ1) is 15.0. The molecule has 1 unspecified atom stereocenters. The van der Waals surface area contributed by atoms with Gasteiger partial charge in [-0.15, -0.1) is 0 Å². The summed E-state index contributed by atoms with van der Waals surface area (Å²) in [6.07, 6.45) is 0.0913. The molecule has 0 aromatic heterocycles. The number of hydrogen-bond donors (Lipinski definition) is 2. The molecule has 110 valence electrons. The second kappa shape index (κ2) is 6.83. The van der Waals surface area contributed by atoms with Gasteiger partial charge in [0.2, 0.25) is 5.91 Å². The third-order valence-corrected chi connectivity index (χ3v) is 4.74. The van der Waals surface area contributed by atoms with E-state index in [1.165, 1.54) is 0 Å². The summed E-state index contributed by atoms with van der Waals surface area (Å²) in [6.45, 7) is 0.675. The molecular formula is C13H18N2O4S. The average Bonchev–Trinajstić information content (AvgIpc) is 2.38. The van der Waals surface area contributed by atoms with Crippen LogP contribution in [0.25, 0.3) is 0 Å². The van der Waals surface area contributed by atoms with Gasteiger partial charge >= 0.3 is 0 Å². The second-order valence-corrected chi connectivity index (χ2v) is 7.00. The van der Waals surface area contributed by atoms with Crippen molar-refractivity contribution in [3.05, 3.63) is 35.9 Å². The Kier molecular flexibility index (Phi) is 5.11. The van der Waals surface area contributed by atoms with Gasteiger partial charge in [-0.1, -0.05) is 30.3 Å². The zero-order valence-corrected chi connectivity index (χ0v) is 11.9. The maximum Gasteiger partial charge on any atom is 0.245 e. The summed E-state index contributed by atoms with van der Waals surface area (Å²) in [5, 5.41) is 3.02. The van der Waals surface area contributed by atoms with Crippen molar-refractivity contribution in [3.63, 3.8) is 0 Å². The summed E-state index contributed by atoms with van der Waals surface area (Å²) >= 11 is 0. The molecule has 1 aliphatic rings. The summed E-state index contributed by atoms with van der Waals surface area (Å²) in [4.78, 5) is 16.7. The second-order valence-electron chi connectivity index (χ2n) is 4.77. The molecule has 6 nitrogen and oxygen atoms in total. The smallest absolute Gasteiger partial charge is 0.245 e. The van der Waals surface area contributed by atoms with Crippen LogP contribution >= 0.6 is 0 Å². The Labute approximate surface area is 118 Å². The molecule has 2 rings (SSSR count). The Morgan fingerprint density at radius 1 is 1.35 bits per heavy atom. The van der Waals surface area contributed by atoms with Gasteiger partial charge in [-0.05, 0) is 5.56 Å². The van der Waals surface area contributed by atoms with Crippen LogP contribution in [-0.2, 0) is 26.1 Å². The van der Waals surface area contributed by atoms with Crippen molar-refractivity contribution in [2.75, 3.05) is 18.1 Å². The maximum atomic E-state index is 11.6. The van der Waals surface area contributed by atoms with Crippen LogP contribution < -0.4 is 10.8 Å². The molecule has 1 aliphatic heterocycles. The first-order valence-corrected chi connectivity index (χ1v) is 8.26. The minimum absolute atomic E-state index is 0.000888. The van der Waals surface area contributed by atoms with Gasteiger partial charge in [-0.3, -0.25) is 9.63 Å². The van der Waals surface area contributed by atoms with E-state index in [1.807, 2.05) is 30.3 Å². The SMILES string of the molecule is O=C(CC1CS(=O)(=O)CCN1)NOCc1ccccc1. The van der Waals surface area contributed by atoms with Gasteiger partial charge in [-0.25, -0.2) is 13.9 Å². The first-order chi connectivity index (χ1) is 9.55. The molecule has 0 spiro atoms. The molecule has 1 aromatic carbocycles. The molecule has 0 bridgehead atoms. The molecule has 1 aromatic rings.